The molecule has 0 spiro atoms. The first-order valence-corrected chi connectivity index (χ1v) is 7.55. The van der Waals surface area contributed by atoms with Crippen LogP contribution in [0.15, 0.2) is 34.8 Å². The summed E-state index contributed by atoms with van der Waals surface area (Å²) < 4.78 is 29.5. The van der Waals surface area contributed by atoms with E-state index in [1.165, 1.54) is 18.2 Å². The van der Waals surface area contributed by atoms with Gasteiger partial charge in [-0.15, -0.1) is 0 Å². The van der Waals surface area contributed by atoms with Crippen LogP contribution < -0.4 is 0 Å². The monoisotopic (exact) mass is 388 g/mol. The molecule has 2 nitrogen and oxygen atoms in total. The van der Waals surface area contributed by atoms with E-state index >= 15 is 0 Å². The second kappa shape index (κ2) is 5.51. The van der Waals surface area contributed by atoms with Crippen molar-refractivity contribution in [3.8, 4) is 0 Å². The summed E-state index contributed by atoms with van der Waals surface area (Å²) in [6, 6.07) is 7.49. The normalized spacial score (nSPS) is 11.2. The molecule has 0 unspecified atom stereocenters. The SMILES string of the molecule is Fc1ccc(Cn2c(=S)[nH]c3cc(Br)c(F)cc32)cc1Cl. The molecule has 108 valence electrons. The number of hydrogen-bond donors (Lipinski definition) is 1. The van der Waals surface area contributed by atoms with Gasteiger partial charge in [-0.25, -0.2) is 8.78 Å². The lowest BCUT2D eigenvalue weighted by atomic mass is 10.2. The van der Waals surface area contributed by atoms with Gasteiger partial charge in [0.1, 0.15) is 11.6 Å². The van der Waals surface area contributed by atoms with Crippen LogP contribution in [0, 0.1) is 16.4 Å². The van der Waals surface area contributed by atoms with Crippen molar-refractivity contribution in [1.29, 1.82) is 0 Å². The van der Waals surface area contributed by atoms with E-state index in [0.29, 0.717) is 21.3 Å². The van der Waals surface area contributed by atoms with E-state index in [2.05, 4.69) is 20.9 Å². The van der Waals surface area contributed by atoms with Crippen molar-refractivity contribution in [2.45, 2.75) is 6.54 Å². The predicted molar refractivity (Wildman–Crippen MR) is 85.3 cm³/mol. The Morgan fingerprint density at radius 2 is 1.95 bits per heavy atom. The molecule has 1 N–H and O–H groups in total. The number of imidazole rings is 1. The number of nitrogens with one attached hydrogen (secondary N) is 1. The molecule has 0 fully saturated rings. The third-order valence-corrected chi connectivity index (χ3v) is 4.36. The molecule has 0 radical (unpaired) electrons. The van der Waals surface area contributed by atoms with Gasteiger partial charge in [0, 0.05) is 6.07 Å². The van der Waals surface area contributed by atoms with E-state index in [-0.39, 0.29) is 10.8 Å². The molecule has 0 amide bonds. The number of halogens is 4. The molecule has 0 saturated heterocycles. The molecule has 0 aliphatic carbocycles. The summed E-state index contributed by atoms with van der Waals surface area (Å²) in [5, 5.41) is 0.0489. The molecule has 21 heavy (non-hydrogen) atoms. The van der Waals surface area contributed by atoms with E-state index in [9.17, 15) is 8.78 Å². The minimum absolute atomic E-state index is 0.0489. The number of aromatic nitrogens is 2. The Morgan fingerprint density at radius 1 is 1.19 bits per heavy atom. The van der Waals surface area contributed by atoms with Crippen LogP contribution in [0.1, 0.15) is 5.56 Å². The number of benzene rings is 2. The van der Waals surface area contributed by atoms with E-state index in [0.717, 1.165) is 11.1 Å². The lowest BCUT2D eigenvalue weighted by Gasteiger charge is -2.06. The fraction of sp³-hybridized carbons (Fsp3) is 0.0714. The van der Waals surface area contributed by atoms with Crippen LogP contribution in [0.4, 0.5) is 8.78 Å². The van der Waals surface area contributed by atoms with Crippen LogP contribution in [-0.2, 0) is 6.54 Å². The smallest absolute Gasteiger partial charge is 0.178 e. The highest BCUT2D eigenvalue weighted by atomic mass is 79.9. The van der Waals surface area contributed by atoms with Crippen LogP contribution in [0.5, 0.6) is 0 Å². The predicted octanol–water partition coefficient (Wildman–Crippen LogP) is 5.44. The summed E-state index contributed by atoms with van der Waals surface area (Å²) >= 11 is 14.2. The molecular weight excluding hydrogens is 382 g/mol. The van der Waals surface area contributed by atoms with Gasteiger partial charge >= 0.3 is 0 Å². The molecule has 0 aliphatic heterocycles. The van der Waals surface area contributed by atoms with Gasteiger partial charge in [-0.3, -0.25) is 0 Å². The van der Waals surface area contributed by atoms with Crippen molar-refractivity contribution in [2.24, 2.45) is 0 Å². The zero-order chi connectivity index (χ0) is 15.1. The zero-order valence-electron chi connectivity index (χ0n) is 10.5. The standard InChI is InChI=1S/C14H8BrClF2N2S/c15-8-4-12-13(5-11(8)18)20(14(21)19-12)6-7-1-2-10(17)9(16)3-7/h1-5H,6H2,(H,19,21). The van der Waals surface area contributed by atoms with E-state index in [1.807, 2.05) is 0 Å². The topological polar surface area (TPSA) is 20.7 Å². The Morgan fingerprint density at radius 3 is 2.67 bits per heavy atom. The van der Waals surface area contributed by atoms with Gasteiger partial charge in [-0.05, 0) is 51.9 Å². The molecule has 3 aromatic rings. The fourth-order valence-corrected chi connectivity index (χ4v) is 2.95. The largest absolute Gasteiger partial charge is 0.331 e. The van der Waals surface area contributed by atoms with Crippen molar-refractivity contribution in [3.63, 3.8) is 0 Å². The first-order valence-electron chi connectivity index (χ1n) is 5.97. The van der Waals surface area contributed by atoms with E-state index in [1.54, 1.807) is 16.7 Å². The lowest BCUT2D eigenvalue weighted by molar-refractivity contribution is 0.621. The molecule has 0 saturated carbocycles. The van der Waals surface area contributed by atoms with Gasteiger partial charge in [0.15, 0.2) is 4.77 Å². The molecule has 1 aromatic heterocycles. The summed E-state index contributed by atoms with van der Waals surface area (Å²) in [5.41, 5.74) is 2.14. The maximum absolute atomic E-state index is 13.7. The first-order chi connectivity index (χ1) is 9.95. The third kappa shape index (κ3) is 2.75. The van der Waals surface area contributed by atoms with Gasteiger partial charge in [0.05, 0.1) is 27.1 Å². The first kappa shape index (κ1) is 14.7. The highest BCUT2D eigenvalue weighted by molar-refractivity contribution is 9.10. The summed E-state index contributed by atoms with van der Waals surface area (Å²) in [6.07, 6.45) is 0. The fourth-order valence-electron chi connectivity index (χ4n) is 2.13. The Bertz CT molecular complexity index is 904. The van der Waals surface area contributed by atoms with E-state index in [4.69, 9.17) is 23.8 Å². The molecule has 0 bridgehead atoms. The van der Waals surface area contributed by atoms with Crippen LogP contribution >= 0.6 is 39.7 Å². The third-order valence-electron chi connectivity index (χ3n) is 3.14. The van der Waals surface area contributed by atoms with Crippen LogP contribution in [0.2, 0.25) is 5.02 Å². The number of hydrogen-bond acceptors (Lipinski definition) is 1. The summed E-state index contributed by atoms with van der Waals surface area (Å²) in [4.78, 5) is 3.02. The number of rotatable bonds is 2. The molecule has 1 heterocycles. The summed E-state index contributed by atoms with van der Waals surface area (Å²) in [7, 11) is 0. The van der Waals surface area contributed by atoms with Crippen LogP contribution in [0.3, 0.4) is 0 Å². The molecule has 0 atom stereocenters. The Hall–Kier alpha value is -1.24. The Balaban J connectivity index is 2.11. The number of nitrogens with zero attached hydrogens (tertiary/aromatic N) is 1. The maximum atomic E-state index is 13.7. The van der Waals surface area contributed by atoms with Crippen molar-refractivity contribution >= 4 is 50.8 Å². The average molecular weight is 390 g/mol. The Labute approximate surface area is 137 Å². The van der Waals surface area contributed by atoms with Crippen molar-refractivity contribution < 1.29 is 8.78 Å². The van der Waals surface area contributed by atoms with Gasteiger partial charge in [-0.2, -0.15) is 0 Å². The van der Waals surface area contributed by atoms with E-state index < -0.39 is 5.82 Å². The van der Waals surface area contributed by atoms with Gasteiger partial charge in [-0.1, -0.05) is 17.7 Å². The van der Waals surface area contributed by atoms with Crippen LogP contribution in [-0.4, -0.2) is 9.55 Å². The van der Waals surface area contributed by atoms with Gasteiger partial charge in [0.25, 0.3) is 0 Å². The van der Waals surface area contributed by atoms with Gasteiger partial charge < -0.3 is 9.55 Å². The number of H-pyrrole nitrogens is 1. The second-order valence-electron chi connectivity index (χ2n) is 4.55. The second-order valence-corrected chi connectivity index (χ2v) is 6.20. The molecule has 3 rings (SSSR count). The minimum Gasteiger partial charge on any atom is -0.331 e. The number of fused-ring (bicyclic) bond motifs is 1. The molecule has 2 aromatic carbocycles. The summed E-state index contributed by atoms with van der Waals surface area (Å²) in [5.74, 6) is -0.847. The van der Waals surface area contributed by atoms with Crippen molar-refractivity contribution in [3.05, 3.63) is 61.8 Å². The summed E-state index contributed by atoms with van der Waals surface area (Å²) in [6.45, 7) is 0.375. The van der Waals surface area contributed by atoms with Crippen molar-refractivity contribution in [1.82, 2.24) is 9.55 Å². The molecule has 7 heteroatoms. The molecular formula is C14H8BrClF2N2S. The lowest BCUT2D eigenvalue weighted by Crippen LogP contribution is -2.00. The van der Waals surface area contributed by atoms with Crippen LogP contribution in [0.25, 0.3) is 11.0 Å². The zero-order valence-corrected chi connectivity index (χ0v) is 13.6. The van der Waals surface area contributed by atoms with Gasteiger partial charge in [0.2, 0.25) is 0 Å². The Kier molecular flexibility index (Phi) is 3.86. The van der Waals surface area contributed by atoms with Crippen molar-refractivity contribution in [2.75, 3.05) is 0 Å². The molecule has 0 aliphatic rings. The number of aromatic amines is 1. The minimum atomic E-state index is -0.474. The highest BCUT2D eigenvalue weighted by Gasteiger charge is 2.10. The quantitative estimate of drug-likeness (QED) is 0.579. The average Bonchev–Trinajstić information content (AvgIpc) is 2.71. The highest BCUT2D eigenvalue weighted by Crippen LogP contribution is 2.24. The maximum Gasteiger partial charge on any atom is 0.178 e.